The van der Waals surface area contributed by atoms with Crippen molar-refractivity contribution in [3.63, 3.8) is 0 Å². The maximum Gasteiger partial charge on any atom is 0.133 e. The molecular weight excluding hydrogens is 384 g/mol. The van der Waals surface area contributed by atoms with Gasteiger partial charge in [-0.3, -0.25) is 4.57 Å². The molecule has 5 aromatic rings. The monoisotopic (exact) mass is 401 g/mol. The van der Waals surface area contributed by atoms with Crippen LogP contribution in [0.5, 0.6) is 0 Å². The van der Waals surface area contributed by atoms with E-state index in [2.05, 4.69) is 9.97 Å². The van der Waals surface area contributed by atoms with Crippen LogP contribution < -0.4 is 5.73 Å². The maximum atomic E-state index is 14.3. The highest BCUT2D eigenvalue weighted by atomic mass is 19.1. The van der Waals surface area contributed by atoms with Gasteiger partial charge in [0.05, 0.1) is 23.1 Å². The molecule has 5 nitrogen and oxygen atoms in total. The molecule has 30 heavy (non-hydrogen) atoms. The van der Waals surface area contributed by atoms with Crippen molar-refractivity contribution in [2.75, 3.05) is 5.73 Å². The number of nitrogens with zero attached hydrogens (tertiary/aromatic N) is 4. The molecule has 0 aliphatic rings. The van der Waals surface area contributed by atoms with Crippen molar-refractivity contribution < 1.29 is 8.78 Å². The molecule has 0 spiro atoms. The predicted molar refractivity (Wildman–Crippen MR) is 113 cm³/mol. The SMILES string of the molecule is Cn1cnc(-c2ccc3c(c2)ncn3-c2cc(N)cc(-c3ccc(F)cc3F)c2)c1. The number of halogens is 2. The van der Waals surface area contributed by atoms with Gasteiger partial charge < -0.3 is 10.3 Å². The first-order valence-corrected chi connectivity index (χ1v) is 9.30. The lowest BCUT2D eigenvalue weighted by atomic mass is 10.0. The highest BCUT2D eigenvalue weighted by Crippen LogP contribution is 2.30. The van der Waals surface area contributed by atoms with Crippen molar-refractivity contribution in [1.82, 2.24) is 19.1 Å². The number of aromatic nitrogens is 4. The molecule has 0 fully saturated rings. The summed E-state index contributed by atoms with van der Waals surface area (Å²) >= 11 is 0. The summed E-state index contributed by atoms with van der Waals surface area (Å²) < 4.78 is 31.4. The minimum atomic E-state index is -0.637. The molecule has 0 aliphatic heterocycles. The van der Waals surface area contributed by atoms with Crippen molar-refractivity contribution >= 4 is 16.7 Å². The Morgan fingerprint density at radius 2 is 1.73 bits per heavy atom. The van der Waals surface area contributed by atoms with E-state index in [1.54, 1.807) is 30.9 Å². The zero-order chi connectivity index (χ0) is 20.8. The van der Waals surface area contributed by atoms with Crippen LogP contribution in [-0.4, -0.2) is 19.1 Å². The van der Waals surface area contributed by atoms with Crippen molar-refractivity contribution in [2.24, 2.45) is 7.05 Å². The molecule has 0 saturated heterocycles. The van der Waals surface area contributed by atoms with E-state index in [4.69, 9.17) is 5.73 Å². The minimum absolute atomic E-state index is 0.284. The number of anilines is 1. The Bertz CT molecular complexity index is 1400. The van der Waals surface area contributed by atoms with E-state index in [1.165, 1.54) is 12.1 Å². The number of aryl methyl sites for hydroxylation is 1. The fourth-order valence-electron chi connectivity index (χ4n) is 3.59. The quantitative estimate of drug-likeness (QED) is 0.435. The smallest absolute Gasteiger partial charge is 0.133 e. The Kier molecular flexibility index (Phi) is 4.10. The lowest BCUT2D eigenvalue weighted by molar-refractivity contribution is 0.585. The van der Waals surface area contributed by atoms with Gasteiger partial charge in [0.25, 0.3) is 0 Å². The molecule has 2 N–H and O–H groups in total. The Hall–Kier alpha value is -4.00. The minimum Gasteiger partial charge on any atom is -0.399 e. The van der Waals surface area contributed by atoms with E-state index < -0.39 is 11.6 Å². The number of rotatable bonds is 3. The zero-order valence-electron chi connectivity index (χ0n) is 16.1. The lowest BCUT2D eigenvalue weighted by Crippen LogP contribution is -1.97. The van der Waals surface area contributed by atoms with Crippen LogP contribution in [0.1, 0.15) is 0 Å². The molecule has 0 amide bonds. The normalized spacial score (nSPS) is 11.3. The Labute approximate surface area is 171 Å². The number of imidazole rings is 2. The van der Waals surface area contributed by atoms with E-state index in [9.17, 15) is 8.78 Å². The third kappa shape index (κ3) is 3.10. The van der Waals surface area contributed by atoms with Crippen LogP contribution in [0.2, 0.25) is 0 Å². The molecule has 3 aromatic carbocycles. The first-order valence-electron chi connectivity index (χ1n) is 9.30. The summed E-state index contributed by atoms with van der Waals surface area (Å²) in [7, 11) is 1.92. The number of nitrogen functional groups attached to an aromatic ring is 1. The van der Waals surface area contributed by atoms with Crippen LogP contribution in [0.25, 0.3) is 39.1 Å². The highest BCUT2D eigenvalue weighted by Gasteiger charge is 2.12. The number of fused-ring (bicyclic) bond motifs is 1. The molecule has 0 aliphatic carbocycles. The van der Waals surface area contributed by atoms with Gasteiger partial charge >= 0.3 is 0 Å². The highest BCUT2D eigenvalue weighted by molar-refractivity contribution is 5.83. The maximum absolute atomic E-state index is 14.3. The average Bonchev–Trinajstić information content (AvgIpc) is 3.33. The number of nitrogens with two attached hydrogens (primary N) is 1. The van der Waals surface area contributed by atoms with Gasteiger partial charge in [0.15, 0.2) is 0 Å². The summed E-state index contributed by atoms with van der Waals surface area (Å²) in [6, 6.07) is 14.7. The Morgan fingerprint density at radius 1 is 0.867 bits per heavy atom. The second-order valence-electron chi connectivity index (χ2n) is 7.18. The first kappa shape index (κ1) is 18.1. The van der Waals surface area contributed by atoms with E-state index in [0.717, 1.165) is 34.0 Å². The molecule has 5 rings (SSSR count). The number of hydrogen-bond donors (Lipinski definition) is 1. The van der Waals surface area contributed by atoms with Crippen molar-refractivity contribution in [1.29, 1.82) is 0 Å². The Morgan fingerprint density at radius 3 is 2.50 bits per heavy atom. The van der Waals surface area contributed by atoms with Crippen molar-refractivity contribution in [3.05, 3.63) is 85.1 Å². The summed E-state index contributed by atoms with van der Waals surface area (Å²) in [6.45, 7) is 0. The van der Waals surface area contributed by atoms with Gasteiger partial charge in [-0.15, -0.1) is 0 Å². The standard InChI is InChI=1S/C23H17F2N5/c1-29-11-22(27-12-29)14-2-5-23-21(8-14)28-13-30(23)18-7-15(6-17(26)10-18)19-4-3-16(24)9-20(19)25/h2-13H,26H2,1H3. The summed E-state index contributed by atoms with van der Waals surface area (Å²) in [5.74, 6) is -1.26. The Balaban J connectivity index is 1.61. The average molecular weight is 401 g/mol. The van der Waals surface area contributed by atoms with Crippen LogP contribution in [-0.2, 0) is 7.05 Å². The van der Waals surface area contributed by atoms with Crippen molar-refractivity contribution in [3.8, 4) is 28.1 Å². The fraction of sp³-hybridized carbons (Fsp3) is 0.0435. The molecule has 2 aromatic heterocycles. The second kappa shape index (κ2) is 6.81. The molecule has 0 atom stereocenters. The summed E-state index contributed by atoms with van der Waals surface area (Å²) in [5, 5.41) is 0. The molecular formula is C23H17F2N5. The van der Waals surface area contributed by atoms with E-state index in [-0.39, 0.29) is 5.56 Å². The largest absolute Gasteiger partial charge is 0.399 e. The summed E-state index contributed by atoms with van der Waals surface area (Å²) in [6.07, 6.45) is 5.40. The molecule has 148 valence electrons. The van der Waals surface area contributed by atoms with Gasteiger partial charge in [-0.25, -0.2) is 18.7 Å². The van der Waals surface area contributed by atoms with Crippen molar-refractivity contribution in [2.45, 2.75) is 0 Å². The molecule has 0 radical (unpaired) electrons. The molecule has 2 heterocycles. The summed E-state index contributed by atoms with van der Waals surface area (Å²) in [5.41, 5.74) is 11.7. The number of hydrogen-bond acceptors (Lipinski definition) is 3. The lowest BCUT2D eigenvalue weighted by Gasteiger charge is -2.11. The molecule has 0 saturated carbocycles. The third-order valence-corrected chi connectivity index (χ3v) is 5.01. The van der Waals surface area contributed by atoms with Gasteiger partial charge in [0.2, 0.25) is 0 Å². The topological polar surface area (TPSA) is 61.7 Å². The van der Waals surface area contributed by atoms with Crippen LogP contribution in [0.4, 0.5) is 14.5 Å². The molecule has 0 bridgehead atoms. The third-order valence-electron chi connectivity index (χ3n) is 5.01. The first-order chi connectivity index (χ1) is 14.5. The summed E-state index contributed by atoms with van der Waals surface area (Å²) in [4.78, 5) is 8.89. The molecule has 0 unspecified atom stereocenters. The number of benzene rings is 3. The molecule has 7 heteroatoms. The van der Waals surface area contributed by atoms with E-state index >= 15 is 0 Å². The van der Waals surface area contributed by atoms with Crippen LogP contribution in [0.15, 0.2) is 73.4 Å². The van der Waals surface area contributed by atoms with Gasteiger partial charge in [-0.1, -0.05) is 6.07 Å². The zero-order valence-corrected chi connectivity index (χ0v) is 16.1. The van der Waals surface area contributed by atoms with Gasteiger partial charge in [-0.2, -0.15) is 0 Å². The van der Waals surface area contributed by atoms with Gasteiger partial charge in [0, 0.05) is 41.8 Å². The van der Waals surface area contributed by atoms with Crippen LogP contribution in [0, 0.1) is 11.6 Å². The predicted octanol–water partition coefficient (Wildman–Crippen LogP) is 4.95. The van der Waals surface area contributed by atoms with E-state index in [1.807, 2.05) is 40.6 Å². The van der Waals surface area contributed by atoms with Crippen LogP contribution in [0.3, 0.4) is 0 Å². The fourth-order valence-corrected chi connectivity index (χ4v) is 3.59. The van der Waals surface area contributed by atoms with Gasteiger partial charge in [0.1, 0.15) is 18.0 Å². The van der Waals surface area contributed by atoms with Gasteiger partial charge in [-0.05, 0) is 48.0 Å². The van der Waals surface area contributed by atoms with Crippen LogP contribution >= 0.6 is 0 Å². The van der Waals surface area contributed by atoms with E-state index in [0.29, 0.717) is 11.3 Å². The second-order valence-corrected chi connectivity index (χ2v) is 7.18.